The number of carbonyl (C=O) groups excluding carboxylic acids is 2. The lowest BCUT2D eigenvalue weighted by Gasteiger charge is -2.32. The van der Waals surface area contributed by atoms with Gasteiger partial charge in [0.25, 0.3) is 5.56 Å². The Balaban J connectivity index is 1.74. The van der Waals surface area contributed by atoms with Crippen molar-refractivity contribution in [3.63, 3.8) is 0 Å². The van der Waals surface area contributed by atoms with Crippen LogP contribution in [0.25, 0.3) is 11.0 Å². The molecule has 0 bridgehead atoms. The first kappa shape index (κ1) is 22.5. The highest BCUT2D eigenvalue weighted by Gasteiger charge is 2.29. The maximum Gasteiger partial charge on any atom is 0.294 e. The molecule has 33 heavy (non-hydrogen) atoms. The van der Waals surface area contributed by atoms with Gasteiger partial charge in [-0.3, -0.25) is 23.9 Å². The Kier molecular flexibility index (Phi) is 6.72. The first-order valence-electron chi connectivity index (χ1n) is 11.2. The Hall–Kier alpha value is -3.68. The van der Waals surface area contributed by atoms with Crippen molar-refractivity contribution < 1.29 is 14.3 Å². The van der Waals surface area contributed by atoms with Crippen LogP contribution in [0.5, 0.6) is 5.75 Å². The Labute approximate surface area is 192 Å². The third-order valence-electron chi connectivity index (χ3n) is 6.03. The summed E-state index contributed by atoms with van der Waals surface area (Å²) in [4.78, 5) is 45.2. The van der Waals surface area contributed by atoms with Gasteiger partial charge in [0.1, 0.15) is 12.3 Å². The summed E-state index contributed by atoms with van der Waals surface area (Å²) in [6.07, 6.45) is 4.82. The van der Waals surface area contributed by atoms with Gasteiger partial charge in [-0.05, 0) is 37.1 Å². The van der Waals surface area contributed by atoms with Crippen molar-refractivity contribution in [3.05, 3.63) is 58.9 Å². The highest BCUT2D eigenvalue weighted by atomic mass is 16.5. The van der Waals surface area contributed by atoms with Crippen LogP contribution < -0.4 is 20.5 Å². The second-order valence-electron chi connectivity index (χ2n) is 8.24. The van der Waals surface area contributed by atoms with Crippen LogP contribution in [0.3, 0.4) is 0 Å². The molecule has 1 heterocycles. The molecule has 1 N–H and O–H groups in total. The normalized spacial score (nSPS) is 14.1. The fourth-order valence-corrected chi connectivity index (χ4v) is 4.49. The van der Waals surface area contributed by atoms with Crippen LogP contribution >= 0.6 is 0 Å². The minimum Gasteiger partial charge on any atom is -0.495 e. The standard InChI is InChI=1S/C25H28N4O4/c1-17(30)29(18-10-4-3-5-11-18)24-25(32)28(21-14-8-6-12-19(21)27-24)16-23(31)26-20-13-7-9-15-22(20)33-2/h6-9,12-15,18H,3-5,10-11,16H2,1-2H3,(H,26,31). The maximum atomic E-state index is 13.6. The molecule has 1 fully saturated rings. The number of hydrogen-bond acceptors (Lipinski definition) is 5. The Morgan fingerprint density at radius 3 is 2.52 bits per heavy atom. The van der Waals surface area contributed by atoms with E-state index in [0.717, 1.165) is 32.1 Å². The van der Waals surface area contributed by atoms with Crippen molar-refractivity contribution >= 4 is 34.4 Å². The average molecular weight is 449 g/mol. The predicted molar refractivity (Wildman–Crippen MR) is 128 cm³/mol. The van der Waals surface area contributed by atoms with Gasteiger partial charge in [-0.2, -0.15) is 0 Å². The van der Waals surface area contributed by atoms with E-state index in [4.69, 9.17) is 4.74 Å². The minimum atomic E-state index is -0.454. The predicted octanol–water partition coefficient (Wildman–Crippen LogP) is 3.73. The third-order valence-corrected chi connectivity index (χ3v) is 6.03. The summed E-state index contributed by atoms with van der Waals surface area (Å²) in [6.45, 7) is 1.24. The number of anilines is 2. The molecule has 8 nitrogen and oxygen atoms in total. The van der Waals surface area contributed by atoms with Gasteiger partial charge in [0.05, 0.1) is 23.8 Å². The van der Waals surface area contributed by atoms with Crippen molar-refractivity contribution in [2.75, 3.05) is 17.3 Å². The Morgan fingerprint density at radius 1 is 1.09 bits per heavy atom. The monoisotopic (exact) mass is 448 g/mol. The maximum absolute atomic E-state index is 13.6. The number of carbonyl (C=O) groups is 2. The number of ether oxygens (including phenoxy) is 1. The highest BCUT2D eigenvalue weighted by molar-refractivity contribution is 5.94. The van der Waals surface area contributed by atoms with Crippen LogP contribution in [-0.4, -0.2) is 34.5 Å². The van der Waals surface area contributed by atoms with Crippen LogP contribution in [0.15, 0.2) is 53.3 Å². The first-order chi connectivity index (χ1) is 16.0. The van der Waals surface area contributed by atoms with Gasteiger partial charge in [0.15, 0.2) is 0 Å². The van der Waals surface area contributed by atoms with Gasteiger partial charge in [-0.25, -0.2) is 4.98 Å². The molecule has 172 valence electrons. The van der Waals surface area contributed by atoms with E-state index >= 15 is 0 Å². The summed E-state index contributed by atoms with van der Waals surface area (Å²) in [5.41, 5.74) is 1.15. The molecule has 4 rings (SSSR count). The molecule has 3 aromatic rings. The molecule has 1 aliphatic rings. The van der Waals surface area contributed by atoms with Crippen LogP contribution in [0.2, 0.25) is 0 Å². The van der Waals surface area contributed by atoms with Gasteiger partial charge in [-0.15, -0.1) is 0 Å². The average Bonchev–Trinajstić information content (AvgIpc) is 2.82. The molecular weight excluding hydrogens is 420 g/mol. The van der Waals surface area contributed by atoms with E-state index in [1.165, 1.54) is 23.5 Å². The van der Waals surface area contributed by atoms with Crippen LogP contribution in [-0.2, 0) is 16.1 Å². The fraction of sp³-hybridized carbons (Fsp3) is 0.360. The van der Waals surface area contributed by atoms with E-state index in [1.54, 1.807) is 36.4 Å². The van der Waals surface area contributed by atoms with Crippen molar-refractivity contribution in [1.29, 1.82) is 0 Å². The van der Waals surface area contributed by atoms with Crippen LogP contribution in [0, 0.1) is 0 Å². The quantitative estimate of drug-likeness (QED) is 0.620. The topological polar surface area (TPSA) is 93.5 Å². The molecule has 0 unspecified atom stereocenters. The molecule has 0 spiro atoms. The van der Waals surface area contributed by atoms with Gasteiger partial charge < -0.3 is 10.1 Å². The van der Waals surface area contributed by atoms with Gasteiger partial charge in [0, 0.05) is 13.0 Å². The summed E-state index contributed by atoms with van der Waals surface area (Å²) < 4.78 is 6.69. The van der Waals surface area contributed by atoms with Gasteiger partial charge in [-0.1, -0.05) is 43.5 Å². The highest BCUT2D eigenvalue weighted by Crippen LogP contribution is 2.26. The van der Waals surface area contributed by atoms with E-state index in [2.05, 4.69) is 10.3 Å². The van der Waals surface area contributed by atoms with E-state index in [9.17, 15) is 14.4 Å². The minimum absolute atomic E-state index is 0.0616. The molecule has 8 heteroatoms. The van der Waals surface area contributed by atoms with E-state index < -0.39 is 5.56 Å². The van der Waals surface area contributed by atoms with Crippen LogP contribution in [0.4, 0.5) is 11.5 Å². The van der Waals surface area contributed by atoms with Crippen molar-refractivity contribution in [2.24, 2.45) is 0 Å². The van der Waals surface area contributed by atoms with E-state index in [-0.39, 0.29) is 30.2 Å². The molecule has 1 aromatic heterocycles. The SMILES string of the molecule is COc1ccccc1NC(=O)Cn1c(=O)c(N(C(C)=O)C2CCCCC2)nc2ccccc21. The molecular formula is C25H28N4O4. The number of nitrogens with zero attached hydrogens (tertiary/aromatic N) is 3. The van der Waals surface area contributed by atoms with Crippen molar-refractivity contribution in [3.8, 4) is 5.75 Å². The third kappa shape index (κ3) is 4.74. The second kappa shape index (κ2) is 9.85. The Morgan fingerprint density at radius 2 is 1.79 bits per heavy atom. The Bertz CT molecular complexity index is 1230. The molecule has 2 aromatic carbocycles. The number of methoxy groups -OCH3 is 1. The summed E-state index contributed by atoms with van der Waals surface area (Å²) >= 11 is 0. The number of aromatic nitrogens is 2. The number of para-hydroxylation sites is 4. The summed E-state index contributed by atoms with van der Waals surface area (Å²) in [6, 6.07) is 14.2. The lowest BCUT2D eigenvalue weighted by molar-refractivity contribution is -0.117. The molecule has 1 saturated carbocycles. The summed E-state index contributed by atoms with van der Waals surface area (Å²) in [5, 5.41) is 2.81. The largest absolute Gasteiger partial charge is 0.495 e. The van der Waals surface area contributed by atoms with Crippen LogP contribution in [0.1, 0.15) is 39.0 Å². The zero-order valence-electron chi connectivity index (χ0n) is 18.9. The zero-order valence-corrected chi connectivity index (χ0v) is 18.9. The number of fused-ring (bicyclic) bond motifs is 1. The summed E-state index contributed by atoms with van der Waals surface area (Å²) in [7, 11) is 1.53. The molecule has 0 radical (unpaired) electrons. The molecule has 0 saturated heterocycles. The number of amides is 2. The smallest absolute Gasteiger partial charge is 0.294 e. The van der Waals surface area contributed by atoms with Gasteiger partial charge >= 0.3 is 0 Å². The zero-order chi connectivity index (χ0) is 23.4. The van der Waals surface area contributed by atoms with Crippen molar-refractivity contribution in [1.82, 2.24) is 9.55 Å². The van der Waals surface area contributed by atoms with Gasteiger partial charge in [0.2, 0.25) is 17.6 Å². The van der Waals surface area contributed by atoms with Crippen molar-refractivity contribution in [2.45, 2.75) is 51.6 Å². The molecule has 0 atom stereocenters. The molecule has 2 amide bonds. The lowest BCUT2D eigenvalue weighted by atomic mass is 9.94. The second-order valence-corrected chi connectivity index (χ2v) is 8.24. The van der Waals surface area contributed by atoms with E-state index in [1.807, 2.05) is 12.1 Å². The number of nitrogens with one attached hydrogen (secondary N) is 1. The molecule has 1 aliphatic carbocycles. The van der Waals surface area contributed by atoms with E-state index in [0.29, 0.717) is 22.5 Å². The number of hydrogen-bond donors (Lipinski definition) is 1. The fourth-order valence-electron chi connectivity index (χ4n) is 4.49. The lowest BCUT2D eigenvalue weighted by Crippen LogP contribution is -2.45. The first-order valence-corrected chi connectivity index (χ1v) is 11.2. The number of benzene rings is 2. The summed E-state index contributed by atoms with van der Waals surface area (Å²) in [5.74, 6) is 0.0134. The number of rotatable bonds is 6. The molecule has 0 aliphatic heterocycles.